The van der Waals surface area contributed by atoms with Gasteiger partial charge in [0.25, 0.3) is 0 Å². The molecule has 1 atom stereocenters. The van der Waals surface area contributed by atoms with E-state index in [4.69, 9.17) is 0 Å². The summed E-state index contributed by atoms with van der Waals surface area (Å²) in [5.41, 5.74) is 1.46. The lowest BCUT2D eigenvalue weighted by Crippen LogP contribution is -2.49. The molecule has 2 rings (SSSR count). The van der Waals surface area contributed by atoms with Crippen LogP contribution < -0.4 is 15.5 Å². The lowest BCUT2D eigenvalue weighted by molar-refractivity contribution is -0.127. The zero-order chi connectivity index (χ0) is 21.1. The molecular weight excluding hydrogens is 356 g/mol. The molecule has 0 aliphatic carbocycles. The average Bonchev–Trinajstić information content (AvgIpc) is 2.96. The molecule has 28 heavy (non-hydrogen) atoms. The van der Waals surface area contributed by atoms with Crippen molar-refractivity contribution in [1.29, 1.82) is 0 Å². The van der Waals surface area contributed by atoms with Crippen molar-refractivity contribution < 1.29 is 14.4 Å². The highest BCUT2D eigenvalue weighted by molar-refractivity contribution is 6.00. The van der Waals surface area contributed by atoms with Crippen LogP contribution in [0.25, 0.3) is 0 Å². The van der Waals surface area contributed by atoms with E-state index >= 15 is 0 Å². The van der Waals surface area contributed by atoms with E-state index in [0.717, 1.165) is 0 Å². The van der Waals surface area contributed by atoms with Gasteiger partial charge in [-0.25, -0.2) is 0 Å². The van der Waals surface area contributed by atoms with E-state index in [2.05, 4.69) is 10.6 Å². The second kappa shape index (κ2) is 8.29. The number of nitrogens with zero attached hydrogens (tertiary/aromatic N) is 2. The summed E-state index contributed by atoms with van der Waals surface area (Å²) in [5.74, 6) is -0.701. The van der Waals surface area contributed by atoms with Gasteiger partial charge in [0.2, 0.25) is 17.7 Å². The van der Waals surface area contributed by atoms with Crippen molar-refractivity contribution >= 4 is 29.1 Å². The molecule has 0 aliphatic rings. The van der Waals surface area contributed by atoms with Crippen molar-refractivity contribution in [2.45, 2.75) is 46.2 Å². The largest absolute Gasteiger partial charge is 0.357 e. The highest BCUT2D eigenvalue weighted by Crippen LogP contribution is 2.29. The smallest absolute Gasteiger partial charge is 0.248 e. The minimum absolute atomic E-state index is 0.178. The van der Waals surface area contributed by atoms with E-state index in [1.54, 1.807) is 24.3 Å². The van der Waals surface area contributed by atoms with Crippen LogP contribution in [0.4, 0.5) is 11.4 Å². The summed E-state index contributed by atoms with van der Waals surface area (Å²) in [7, 11) is 1.86. The van der Waals surface area contributed by atoms with Gasteiger partial charge in [-0.2, -0.15) is 0 Å². The van der Waals surface area contributed by atoms with Gasteiger partial charge >= 0.3 is 0 Å². The van der Waals surface area contributed by atoms with Gasteiger partial charge in [-0.05, 0) is 51.1 Å². The molecule has 0 aliphatic heterocycles. The van der Waals surface area contributed by atoms with Crippen molar-refractivity contribution in [3.63, 3.8) is 0 Å². The second-order valence-corrected chi connectivity index (χ2v) is 7.87. The van der Waals surface area contributed by atoms with Crippen molar-refractivity contribution in [2.75, 3.05) is 10.2 Å². The van der Waals surface area contributed by atoms with Crippen LogP contribution in [-0.2, 0) is 21.4 Å². The van der Waals surface area contributed by atoms with Gasteiger partial charge in [-0.1, -0.05) is 0 Å². The van der Waals surface area contributed by atoms with Gasteiger partial charge < -0.3 is 15.2 Å². The lowest BCUT2D eigenvalue weighted by Gasteiger charge is -2.32. The van der Waals surface area contributed by atoms with Gasteiger partial charge in [0.05, 0.1) is 0 Å². The van der Waals surface area contributed by atoms with Crippen LogP contribution in [0, 0.1) is 0 Å². The molecule has 1 aromatic carbocycles. The number of carbonyl (C=O) groups excluding carboxylic acids is 3. The first-order valence-corrected chi connectivity index (χ1v) is 9.09. The summed E-state index contributed by atoms with van der Waals surface area (Å²) < 4.78 is 1.84. The zero-order valence-electron chi connectivity index (χ0n) is 17.2. The average molecular weight is 384 g/mol. The molecule has 0 saturated heterocycles. The molecule has 0 fully saturated rings. The third-order valence-electron chi connectivity index (χ3n) is 3.98. The molecule has 0 saturated carbocycles. The van der Waals surface area contributed by atoms with Crippen LogP contribution in [-0.4, -0.2) is 27.8 Å². The number of amides is 3. The molecule has 7 heteroatoms. The van der Waals surface area contributed by atoms with Crippen LogP contribution in [0.3, 0.4) is 0 Å². The molecule has 1 unspecified atom stereocenters. The number of nitrogens with one attached hydrogen (secondary N) is 2. The topological polar surface area (TPSA) is 83.4 Å². The Bertz CT molecular complexity index is 863. The summed E-state index contributed by atoms with van der Waals surface area (Å²) in [6, 6.07) is 7.85. The Hall–Kier alpha value is -3.09. The fourth-order valence-corrected chi connectivity index (χ4v) is 2.96. The molecule has 0 spiro atoms. The number of benzene rings is 1. The predicted molar refractivity (Wildman–Crippen MR) is 110 cm³/mol. The van der Waals surface area contributed by atoms with Crippen molar-refractivity contribution in [3.8, 4) is 0 Å². The Kier molecular flexibility index (Phi) is 6.28. The summed E-state index contributed by atoms with van der Waals surface area (Å²) >= 11 is 0. The van der Waals surface area contributed by atoms with Crippen LogP contribution in [0.1, 0.15) is 46.2 Å². The van der Waals surface area contributed by atoms with Crippen molar-refractivity contribution in [2.24, 2.45) is 7.05 Å². The van der Waals surface area contributed by atoms with E-state index in [-0.39, 0.29) is 17.7 Å². The first-order valence-electron chi connectivity index (χ1n) is 9.09. The fourth-order valence-electron chi connectivity index (χ4n) is 2.96. The van der Waals surface area contributed by atoms with E-state index in [1.807, 2.05) is 50.8 Å². The minimum Gasteiger partial charge on any atom is -0.357 e. The molecule has 2 aromatic rings. The fraction of sp³-hybridized carbons (Fsp3) is 0.381. The van der Waals surface area contributed by atoms with Crippen molar-refractivity contribution in [3.05, 3.63) is 48.3 Å². The Morgan fingerprint density at radius 1 is 1.04 bits per heavy atom. The number of aryl methyl sites for hydroxylation is 1. The molecule has 0 bridgehead atoms. The molecule has 150 valence electrons. The highest BCUT2D eigenvalue weighted by Gasteiger charge is 2.33. The van der Waals surface area contributed by atoms with Crippen LogP contribution in [0.2, 0.25) is 0 Å². The van der Waals surface area contributed by atoms with Crippen LogP contribution in [0.15, 0.2) is 42.7 Å². The maximum Gasteiger partial charge on any atom is 0.248 e. The number of carbonyl (C=O) groups is 3. The number of rotatable bonds is 5. The first-order chi connectivity index (χ1) is 13.0. The Morgan fingerprint density at radius 3 is 2.07 bits per heavy atom. The first kappa shape index (κ1) is 21.2. The third-order valence-corrected chi connectivity index (χ3v) is 3.98. The predicted octanol–water partition coefficient (Wildman–Crippen LogP) is 2.99. The van der Waals surface area contributed by atoms with E-state index < -0.39 is 11.6 Å². The zero-order valence-corrected chi connectivity index (χ0v) is 17.2. The molecule has 1 heterocycles. The minimum atomic E-state index is -0.815. The van der Waals surface area contributed by atoms with Gasteiger partial charge in [0.15, 0.2) is 0 Å². The highest BCUT2D eigenvalue weighted by atomic mass is 16.2. The van der Waals surface area contributed by atoms with Gasteiger partial charge in [-0.3, -0.25) is 19.3 Å². The maximum atomic E-state index is 13.1. The van der Waals surface area contributed by atoms with Gasteiger partial charge in [-0.15, -0.1) is 0 Å². The standard InChI is InChI=1S/C21H28N4O3/c1-14(26)22-17-7-9-18(10-8-17)25(15(2)27)19(16-11-12-24(6)13-16)20(28)23-21(3,4)5/h7-13,19H,1-6H3,(H,22,26)(H,23,28). The van der Waals surface area contributed by atoms with Gasteiger partial charge in [0, 0.05) is 55.8 Å². The van der Waals surface area contributed by atoms with E-state index in [9.17, 15) is 14.4 Å². The summed E-state index contributed by atoms with van der Waals surface area (Å²) in [5, 5.41) is 5.66. The second-order valence-electron chi connectivity index (χ2n) is 7.87. The SMILES string of the molecule is CC(=O)Nc1ccc(N(C(C)=O)C(C(=O)NC(C)(C)C)c2ccn(C)c2)cc1. The summed E-state index contributed by atoms with van der Waals surface area (Å²) in [4.78, 5) is 38.4. The molecule has 2 N–H and O–H groups in total. The maximum absolute atomic E-state index is 13.1. The van der Waals surface area contributed by atoms with Crippen LogP contribution >= 0.6 is 0 Å². The number of hydrogen-bond donors (Lipinski definition) is 2. The summed E-state index contributed by atoms with van der Waals surface area (Å²) in [6.45, 7) is 8.55. The normalized spacial score (nSPS) is 12.2. The number of aromatic nitrogens is 1. The van der Waals surface area contributed by atoms with Crippen molar-refractivity contribution in [1.82, 2.24) is 9.88 Å². The molecular formula is C21H28N4O3. The van der Waals surface area contributed by atoms with E-state index in [1.165, 1.54) is 18.7 Å². The van der Waals surface area contributed by atoms with Gasteiger partial charge in [0.1, 0.15) is 6.04 Å². The van der Waals surface area contributed by atoms with Crippen LogP contribution in [0.5, 0.6) is 0 Å². The Balaban J connectivity index is 2.48. The molecule has 1 aromatic heterocycles. The molecule has 0 radical (unpaired) electrons. The Labute approximate surface area is 165 Å². The van der Waals surface area contributed by atoms with E-state index in [0.29, 0.717) is 16.9 Å². The Morgan fingerprint density at radius 2 is 1.64 bits per heavy atom. The molecule has 3 amide bonds. The quantitative estimate of drug-likeness (QED) is 0.831. The summed E-state index contributed by atoms with van der Waals surface area (Å²) in [6.07, 6.45) is 3.67. The monoisotopic (exact) mass is 384 g/mol. The third kappa shape index (κ3) is 5.45. The lowest BCUT2D eigenvalue weighted by atomic mass is 10.0. The number of hydrogen-bond acceptors (Lipinski definition) is 3. The molecule has 7 nitrogen and oxygen atoms in total. The number of anilines is 2.